The van der Waals surface area contributed by atoms with Crippen LogP contribution in [0.5, 0.6) is 0 Å². The van der Waals surface area contributed by atoms with Crippen molar-refractivity contribution in [3.8, 4) is 6.07 Å². The van der Waals surface area contributed by atoms with Crippen LogP contribution in [0.4, 0.5) is 0 Å². The Morgan fingerprint density at radius 3 is 2.12 bits per heavy atom. The summed E-state index contributed by atoms with van der Waals surface area (Å²) in [6.07, 6.45) is 0.481. The van der Waals surface area contributed by atoms with Crippen LogP contribution in [0.1, 0.15) is 48.0 Å². The molecule has 0 bridgehead atoms. The predicted molar refractivity (Wildman–Crippen MR) is 65.6 cm³/mol. The van der Waals surface area contributed by atoms with Crippen molar-refractivity contribution >= 4 is 5.91 Å². The van der Waals surface area contributed by atoms with Crippen LogP contribution in [0, 0.1) is 28.6 Å². The fourth-order valence-electron chi connectivity index (χ4n) is 1.16. The van der Waals surface area contributed by atoms with E-state index in [1.807, 2.05) is 13.8 Å². The van der Waals surface area contributed by atoms with Gasteiger partial charge in [0.2, 0.25) is 5.91 Å². The number of nitriles is 1. The smallest absolute Gasteiger partial charge is 0.221 e. The van der Waals surface area contributed by atoms with E-state index in [-0.39, 0.29) is 23.3 Å². The summed E-state index contributed by atoms with van der Waals surface area (Å²) >= 11 is 0. The molecule has 0 aliphatic rings. The summed E-state index contributed by atoms with van der Waals surface area (Å²) in [6.45, 7) is 12.3. The molecule has 1 amide bonds. The van der Waals surface area contributed by atoms with Crippen LogP contribution in [-0.4, -0.2) is 11.9 Å². The van der Waals surface area contributed by atoms with Gasteiger partial charge in [0.15, 0.2) is 0 Å². The van der Waals surface area contributed by atoms with Crippen molar-refractivity contribution in [1.29, 1.82) is 5.26 Å². The molecule has 0 aliphatic carbocycles. The number of carbonyl (C=O) groups is 1. The van der Waals surface area contributed by atoms with Crippen molar-refractivity contribution in [3.05, 3.63) is 0 Å². The van der Waals surface area contributed by atoms with Gasteiger partial charge < -0.3 is 5.32 Å². The second-order valence-electron chi connectivity index (χ2n) is 5.89. The molecule has 0 aromatic rings. The molecule has 0 aromatic heterocycles. The molecule has 0 aliphatic heterocycles. The molecule has 3 heteroatoms. The summed E-state index contributed by atoms with van der Waals surface area (Å²) in [5, 5.41) is 11.6. The maximum Gasteiger partial charge on any atom is 0.221 e. The summed E-state index contributed by atoms with van der Waals surface area (Å²) in [4.78, 5) is 11.7. The van der Waals surface area contributed by atoms with Crippen molar-refractivity contribution in [2.45, 2.75) is 54.0 Å². The van der Waals surface area contributed by atoms with E-state index in [0.29, 0.717) is 12.3 Å². The van der Waals surface area contributed by atoms with Crippen LogP contribution in [0.3, 0.4) is 0 Å². The highest BCUT2D eigenvalue weighted by molar-refractivity contribution is 5.76. The van der Waals surface area contributed by atoms with Crippen molar-refractivity contribution in [3.63, 3.8) is 0 Å². The Morgan fingerprint density at radius 2 is 1.81 bits per heavy atom. The SMILES string of the molecule is CC(C)[C@H](C#N)NC(=O)C[C@H](C)C(C)(C)C. The summed E-state index contributed by atoms with van der Waals surface area (Å²) in [5.74, 6) is 0.431. The molecule has 0 spiro atoms. The van der Waals surface area contributed by atoms with Gasteiger partial charge in [-0.05, 0) is 17.3 Å². The Balaban J connectivity index is 4.25. The van der Waals surface area contributed by atoms with E-state index in [1.54, 1.807) is 0 Å². The topological polar surface area (TPSA) is 52.9 Å². The lowest BCUT2D eigenvalue weighted by Crippen LogP contribution is -2.39. The van der Waals surface area contributed by atoms with Gasteiger partial charge in [-0.25, -0.2) is 0 Å². The molecule has 16 heavy (non-hydrogen) atoms. The van der Waals surface area contributed by atoms with Crippen molar-refractivity contribution in [2.24, 2.45) is 17.3 Å². The standard InChI is InChI=1S/C13H24N2O/c1-9(2)11(8-14)15-12(16)7-10(3)13(4,5)6/h9-11H,7H2,1-6H3,(H,15,16)/t10-,11-/m0/s1. The van der Waals surface area contributed by atoms with Gasteiger partial charge in [0.1, 0.15) is 6.04 Å². The highest BCUT2D eigenvalue weighted by Crippen LogP contribution is 2.27. The van der Waals surface area contributed by atoms with Crippen LogP contribution < -0.4 is 5.32 Å². The molecule has 1 N–H and O–H groups in total. The summed E-state index contributed by atoms with van der Waals surface area (Å²) in [7, 11) is 0. The largest absolute Gasteiger partial charge is 0.340 e. The lowest BCUT2D eigenvalue weighted by Gasteiger charge is -2.27. The molecule has 2 atom stereocenters. The number of carbonyl (C=O) groups excluding carboxylic acids is 1. The van der Waals surface area contributed by atoms with Gasteiger partial charge in [0, 0.05) is 6.42 Å². The van der Waals surface area contributed by atoms with E-state index < -0.39 is 0 Å². The Morgan fingerprint density at radius 1 is 1.31 bits per heavy atom. The van der Waals surface area contributed by atoms with E-state index in [0.717, 1.165) is 0 Å². The molecule has 0 saturated carbocycles. The number of amides is 1. The third kappa shape index (κ3) is 5.16. The molecule has 3 nitrogen and oxygen atoms in total. The van der Waals surface area contributed by atoms with E-state index in [9.17, 15) is 4.79 Å². The van der Waals surface area contributed by atoms with Crippen molar-refractivity contribution in [2.75, 3.05) is 0 Å². The summed E-state index contributed by atoms with van der Waals surface area (Å²) < 4.78 is 0. The van der Waals surface area contributed by atoms with Gasteiger partial charge >= 0.3 is 0 Å². The molecule has 0 saturated heterocycles. The average Bonchev–Trinajstić information content (AvgIpc) is 2.11. The van der Waals surface area contributed by atoms with Gasteiger partial charge in [-0.2, -0.15) is 5.26 Å². The third-order valence-corrected chi connectivity index (χ3v) is 3.09. The highest BCUT2D eigenvalue weighted by Gasteiger charge is 2.24. The highest BCUT2D eigenvalue weighted by atomic mass is 16.1. The molecule has 0 heterocycles. The number of nitrogens with one attached hydrogen (secondary N) is 1. The Labute approximate surface area is 99.2 Å². The minimum absolute atomic E-state index is 0.0253. The molecule has 0 fully saturated rings. The number of nitrogens with zero attached hydrogens (tertiary/aromatic N) is 1. The van der Waals surface area contributed by atoms with Crippen LogP contribution in [0.2, 0.25) is 0 Å². The first-order valence-electron chi connectivity index (χ1n) is 5.87. The van der Waals surface area contributed by atoms with E-state index in [4.69, 9.17) is 5.26 Å². The van der Waals surface area contributed by atoms with E-state index >= 15 is 0 Å². The molecule has 92 valence electrons. The van der Waals surface area contributed by atoms with Gasteiger partial charge in [-0.15, -0.1) is 0 Å². The molecular weight excluding hydrogens is 200 g/mol. The fraction of sp³-hybridized carbons (Fsp3) is 0.846. The first-order chi connectivity index (χ1) is 7.18. The number of hydrogen-bond acceptors (Lipinski definition) is 2. The second-order valence-corrected chi connectivity index (χ2v) is 5.89. The zero-order chi connectivity index (χ0) is 12.9. The van der Waals surface area contributed by atoms with Crippen LogP contribution in [0.15, 0.2) is 0 Å². The maximum absolute atomic E-state index is 11.7. The number of rotatable bonds is 4. The van der Waals surface area contributed by atoms with Crippen molar-refractivity contribution < 1.29 is 4.79 Å². The Hall–Kier alpha value is -1.04. The third-order valence-electron chi connectivity index (χ3n) is 3.09. The Bertz CT molecular complexity index is 271. The quantitative estimate of drug-likeness (QED) is 0.798. The van der Waals surface area contributed by atoms with Crippen LogP contribution in [0.25, 0.3) is 0 Å². The van der Waals surface area contributed by atoms with Crippen LogP contribution in [-0.2, 0) is 4.79 Å². The minimum atomic E-state index is -0.375. The van der Waals surface area contributed by atoms with Gasteiger partial charge in [0.25, 0.3) is 0 Å². The monoisotopic (exact) mass is 224 g/mol. The van der Waals surface area contributed by atoms with E-state index in [2.05, 4.69) is 39.1 Å². The Kier molecular flexibility index (Phi) is 5.50. The van der Waals surface area contributed by atoms with Crippen molar-refractivity contribution in [1.82, 2.24) is 5.32 Å². The van der Waals surface area contributed by atoms with E-state index in [1.165, 1.54) is 0 Å². The first-order valence-corrected chi connectivity index (χ1v) is 5.87. The van der Waals surface area contributed by atoms with Crippen LogP contribution >= 0.6 is 0 Å². The molecule has 0 aromatic carbocycles. The maximum atomic E-state index is 11.7. The zero-order valence-electron chi connectivity index (χ0n) is 11.3. The fourth-order valence-corrected chi connectivity index (χ4v) is 1.16. The summed E-state index contributed by atoms with van der Waals surface area (Å²) in [6, 6.07) is 1.74. The minimum Gasteiger partial charge on any atom is -0.340 e. The number of hydrogen-bond donors (Lipinski definition) is 1. The van der Waals surface area contributed by atoms with Gasteiger partial charge in [-0.1, -0.05) is 41.5 Å². The summed E-state index contributed by atoms with van der Waals surface area (Å²) in [5.41, 5.74) is 0.122. The lowest BCUT2D eigenvalue weighted by molar-refractivity contribution is -0.123. The molecule has 0 radical (unpaired) electrons. The second kappa shape index (κ2) is 5.89. The van der Waals surface area contributed by atoms with Gasteiger partial charge in [-0.3, -0.25) is 4.79 Å². The normalized spacial score (nSPS) is 15.4. The zero-order valence-corrected chi connectivity index (χ0v) is 11.3. The molecular formula is C13H24N2O. The lowest BCUT2D eigenvalue weighted by atomic mass is 9.80. The van der Waals surface area contributed by atoms with Gasteiger partial charge in [0.05, 0.1) is 6.07 Å². The molecule has 0 rings (SSSR count). The average molecular weight is 224 g/mol. The molecule has 0 unspecified atom stereocenters. The predicted octanol–water partition coefficient (Wildman–Crippen LogP) is 2.72. The first kappa shape index (κ1) is 15.0.